The molecule has 0 saturated carbocycles. The van der Waals surface area contributed by atoms with Crippen LogP contribution in [0.25, 0.3) is 9.88 Å². The van der Waals surface area contributed by atoms with Crippen molar-refractivity contribution in [1.82, 2.24) is 10.3 Å². The average molecular weight is 373 g/mol. The Morgan fingerprint density at radius 2 is 2.22 bits per heavy atom. The highest BCUT2D eigenvalue weighted by Crippen LogP contribution is 2.32. The van der Waals surface area contributed by atoms with Gasteiger partial charge in [-0.05, 0) is 18.6 Å². The van der Waals surface area contributed by atoms with E-state index in [0.717, 1.165) is 16.3 Å². The number of carboxylic acid groups (broad SMARTS) is 1. The molecule has 0 radical (unpaired) electrons. The number of thiophene rings is 1. The first-order valence-corrected chi connectivity index (χ1v) is 9.26. The van der Waals surface area contributed by atoms with E-state index >= 15 is 0 Å². The molecule has 0 saturated heterocycles. The number of rotatable bonds is 8. The highest BCUT2D eigenvalue weighted by Gasteiger charge is 2.17. The van der Waals surface area contributed by atoms with Gasteiger partial charge in [-0.2, -0.15) is 0 Å². The number of thiazole rings is 1. The zero-order valence-electron chi connectivity index (χ0n) is 12.5. The van der Waals surface area contributed by atoms with Crippen LogP contribution in [0.3, 0.4) is 0 Å². The van der Waals surface area contributed by atoms with Crippen LogP contribution in [0, 0.1) is 5.92 Å². The van der Waals surface area contributed by atoms with Gasteiger partial charge in [0, 0.05) is 11.9 Å². The maximum absolute atomic E-state index is 11.9. The molecule has 2 aromatic heterocycles. The van der Waals surface area contributed by atoms with E-state index in [2.05, 4.69) is 10.3 Å². The van der Waals surface area contributed by atoms with Crippen LogP contribution in [0.15, 0.2) is 17.5 Å². The van der Waals surface area contributed by atoms with Gasteiger partial charge in [-0.25, -0.2) is 4.98 Å². The van der Waals surface area contributed by atoms with Crippen molar-refractivity contribution in [2.75, 3.05) is 6.54 Å². The smallest absolute Gasteiger partial charge is 0.308 e. The van der Waals surface area contributed by atoms with Gasteiger partial charge in [0.25, 0.3) is 0 Å². The number of nitrogens with zero attached hydrogens (tertiary/aromatic N) is 1. The molecule has 8 heteroatoms. The van der Waals surface area contributed by atoms with Gasteiger partial charge >= 0.3 is 5.97 Å². The first-order chi connectivity index (χ1) is 11.0. The number of amides is 1. The van der Waals surface area contributed by atoms with E-state index in [1.807, 2.05) is 24.4 Å². The SMILES string of the molecule is CCCC(CNC(=O)Cc1csc(-c2ccc(Cl)s2)n1)C(=O)O. The first kappa shape index (κ1) is 17.9. The first-order valence-electron chi connectivity index (χ1n) is 7.19. The maximum atomic E-state index is 11.9. The van der Waals surface area contributed by atoms with Crippen molar-refractivity contribution < 1.29 is 14.7 Å². The van der Waals surface area contributed by atoms with Crippen LogP contribution in [-0.2, 0) is 16.0 Å². The van der Waals surface area contributed by atoms with Crippen LogP contribution in [0.1, 0.15) is 25.5 Å². The van der Waals surface area contributed by atoms with Gasteiger partial charge < -0.3 is 10.4 Å². The number of hydrogen-bond donors (Lipinski definition) is 2. The largest absolute Gasteiger partial charge is 0.481 e. The summed E-state index contributed by atoms with van der Waals surface area (Å²) in [6.07, 6.45) is 1.47. The van der Waals surface area contributed by atoms with Crippen LogP contribution in [-0.4, -0.2) is 28.5 Å². The standard InChI is InChI=1S/C15H17ClN2O3S2/c1-2-3-9(15(20)21)7-17-13(19)6-10-8-22-14(18-10)11-4-5-12(16)23-11/h4-5,8-9H,2-3,6-7H2,1H3,(H,17,19)(H,20,21). The van der Waals surface area contributed by atoms with E-state index in [9.17, 15) is 9.59 Å². The summed E-state index contributed by atoms with van der Waals surface area (Å²) in [6.45, 7) is 2.07. The quantitative estimate of drug-likeness (QED) is 0.740. The molecule has 124 valence electrons. The highest BCUT2D eigenvalue weighted by molar-refractivity contribution is 7.23. The predicted octanol–water partition coefficient (Wildman–Crippen LogP) is 3.68. The van der Waals surface area contributed by atoms with E-state index < -0.39 is 11.9 Å². The molecule has 1 atom stereocenters. The van der Waals surface area contributed by atoms with Crippen LogP contribution < -0.4 is 5.32 Å². The molecule has 2 N–H and O–H groups in total. The van der Waals surface area contributed by atoms with Gasteiger partial charge in [0.05, 0.1) is 27.2 Å². The number of carbonyl (C=O) groups is 2. The van der Waals surface area contributed by atoms with Crippen molar-refractivity contribution in [3.8, 4) is 9.88 Å². The lowest BCUT2D eigenvalue weighted by molar-refractivity contribution is -0.141. The second kappa shape index (κ2) is 8.42. The summed E-state index contributed by atoms with van der Waals surface area (Å²) in [4.78, 5) is 28.4. The summed E-state index contributed by atoms with van der Waals surface area (Å²) < 4.78 is 0.699. The van der Waals surface area contributed by atoms with Crippen molar-refractivity contribution >= 4 is 46.2 Å². The fourth-order valence-corrected chi connectivity index (χ4v) is 3.99. The Morgan fingerprint density at radius 3 is 2.83 bits per heavy atom. The second-order valence-corrected chi connectivity index (χ2v) is 7.63. The van der Waals surface area contributed by atoms with E-state index in [4.69, 9.17) is 16.7 Å². The number of aromatic nitrogens is 1. The molecule has 0 spiro atoms. The molecular formula is C15H17ClN2O3S2. The molecule has 5 nitrogen and oxygen atoms in total. The van der Waals surface area contributed by atoms with E-state index in [1.54, 1.807) is 0 Å². The number of carbonyl (C=O) groups excluding carboxylic acids is 1. The fraction of sp³-hybridized carbons (Fsp3) is 0.400. The Kier molecular flexibility index (Phi) is 6.56. The predicted molar refractivity (Wildman–Crippen MR) is 93.2 cm³/mol. The van der Waals surface area contributed by atoms with E-state index in [-0.39, 0.29) is 18.9 Å². The van der Waals surface area contributed by atoms with Crippen LogP contribution in [0.5, 0.6) is 0 Å². The zero-order valence-corrected chi connectivity index (χ0v) is 14.9. The van der Waals surface area contributed by atoms with Gasteiger partial charge in [-0.3, -0.25) is 9.59 Å². The highest BCUT2D eigenvalue weighted by atomic mass is 35.5. The molecule has 2 rings (SSSR count). The summed E-state index contributed by atoms with van der Waals surface area (Å²) in [7, 11) is 0. The molecule has 0 aliphatic heterocycles. The Bertz CT molecular complexity index is 684. The van der Waals surface area contributed by atoms with Gasteiger partial charge in [-0.1, -0.05) is 24.9 Å². The maximum Gasteiger partial charge on any atom is 0.308 e. The summed E-state index contributed by atoms with van der Waals surface area (Å²) in [5.74, 6) is -1.63. The molecule has 0 fully saturated rings. The number of hydrogen-bond acceptors (Lipinski definition) is 5. The molecular weight excluding hydrogens is 356 g/mol. The summed E-state index contributed by atoms with van der Waals surface area (Å²) in [5.41, 5.74) is 0.675. The van der Waals surface area contributed by atoms with Gasteiger partial charge in [0.15, 0.2) is 0 Å². The van der Waals surface area contributed by atoms with Gasteiger partial charge in [-0.15, -0.1) is 22.7 Å². The molecule has 2 aromatic rings. The minimum Gasteiger partial charge on any atom is -0.481 e. The Labute approximate surface area is 147 Å². The minimum absolute atomic E-state index is 0.147. The lowest BCUT2D eigenvalue weighted by Crippen LogP contribution is -2.33. The molecule has 0 aliphatic rings. The van der Waals surface area contributed by atoms with E-state index in [0.29, 0.717) is 16.5 Å². The molecule has 0 bridgehead atoms. The molecule has 1 amide bonds. The van der Waals surface area contributed by atoms with Gasteiger partial charge in [0.2, 0.25) is 5.91 Å². The second-order valence-electron chi connectivity index (χ2n) is 5.05. The summed E-state index contributed by atoms with van der Waals surface area (Å²) in [6, 6.07) is 3.72. The van der Waals surface area contributed by atoms with Crippen molar-refractivity contribution in [3.63, 3.8) is 0 Å². The van der Waals surface area contributed by atoms with Crippen molar-refractivity contribution in [3.05, 3.63) is 27.5 Å². The average Bonchev–Trinajstić information content (AvgIpc) is 3.12. The monoisotopic (exact) mass is 372 g/mol. The van der Waals surface area contributed by atoms with Crippen molar-refractivity contribution in [1.29, 1.82) is 0 Å². The normalized spacial score (nSPS) is 12.1. The molecule has 2 heterocycles. The number of aliphatic carboxylic acids is 1. The van der Waals surface area contributed by atoms with E-state index in [1.165, 1.54) is 22.7 Å². The number of carboxylic acids is 1. The third-order valence-electron chi connectivity index (χ3n) is 3.21. The van der Waals surface area contributed by atoms with Crippen LogP contribution in [0.2, 0.25) is 4.34 Å². The van der Waals surface area contributed by atoms with Crippen molar-refractivity contribution in [2.45, 2.75) is 26.2 Å². The third-order valence-corrected chi connectivity index (χ3v) is 5.50. The lowest BCUT2D eigenvalue weighted by atomic mass is 10.0. The molecule has 1 unspecified atom stereocenters. The lowest BCUT2D eigenvalue weighted by Gasteiger charge is -2.11. The Hall–Kier alpha value is -1.44. The zero-order chi connectivity index (χ0) is 16.8. The molecule has 0 aliphatic carbocycles. The summed E-state index contributed by atoms with van der Waals surface area (Å²) in [5, 5.41) is 14.4. The third kappa shape index (κ3) is 5.30. The number of halogens is 1. The molecule has 23 heavy (non-hydrogen) atoms. The topological polar surface area (TPSA) is 79.3 Å². The van der Waals surface area contributed by atoms with Gasteiger partial charge in [0.1, 0.15) is 5.01 Å². The van der Waals surface area contributed by atoms with Crippen LogP contribution in [0.4, 0.5) is 0 Å². The Balaban J connectivity index is 1.88. The van der Waals surface area contributed by atoms with Crippen LogP contribution >= 0.6 is 34.3 Å². The summed E-state index contributed by atoms with van der Waals surface area (Å²) >= 11 is 8.81. The number of nitrogens with one attached hydrogen (secondary N) is 1. The minimum atomic E-state index is -0.877. The fourth-order valence-electron chi connectivity index (χ4n) is 2.06. The van der Waals surface area contributed by atoms with Crippen molar-refractivity contribution in [2.24, 2.45) is 5.92 Å². The molecule has 0 aromatic carbocycles. The Morgan fingerprint density at radius 1 is 1.43 bits per heavy atom.